The fraction of sp³-hybridized carbons (Fsp3) is 0.412. The molecule has 0 atom stereocenters. The van der Waals surface area contributed by atoms with Crippen LogP contribution in [-0.4, -0.2) is 28.3 Å². The van der Waals surface area contributed by atoms with E-state index in [2.05, 4.69) is 9.97 Å². The normalized spacial score (nSPS) is 18.9. The first-order chi connectivity index (χ1) is 11.1. The van der Waals surface area contributed by atoms with Gasteiger partial charge >= 0.3 is 7.12 Å². The number of aryl methyl sites for hydroxylation is 1. The van der Waals surface area contributed by atoms with Crippen molar-refractivity contribution in [2.75, 3.05) is 0 Å². The lowest BCUT2D eigenvalue weighted by atomic mass is 9.80. The Hall–Kier alpha value is -1.86. The van der Waals surface area contributed by atoms with Crippen LogP contribution in [0.15, 0.2) is 24.5 Å². The number of rotatable bonds is 2. The number of hydrogen-bond donors (Lipinski definition) is 0. The zero-order valence-corrected chi connectivity index (χ0v) is 14.4. The first-order valence-corrected chi connectivity index (χ1v) is 7.74. The topological polar surface area (TPSA) is 44.2 Å². The molecule has 0 amide bonds. The van der Waals surface area contributed by atoms with Gasteiger partial charge in [-0.2, -0.15) is 0 Å². The van der Waals surface area contributed by atoms with Crippen molar-refractivity contribution in [1.82, 2.24) is 9.97 Å². The molecule has 24 heavy (non-hydrogen) atoms. The van der Waals surface area contributed by atoms with Gasteiger partial charge in [0, 0.05) is 22.9 Å². The van der Waals surface area contributed by atoms with Crippen LogP contribution in [0.1, 0.15) is 33.4 Å². The van der Waals surface area contributed by atoms with Crippen molar-refractivity contribution in [1.29, 1.82) is 0 Å². The number of halogens is 2. The molecule has 3 heterocycles. The van der Waals surface area contributed by atoms with E-state index in [1.807, 2.05) is 27.7 Å². The summed E-state index contributed by atoms with van der Waals surface area (Å²) in [5.41, 5.74) is 0.335. The molecule has 0 aliphatic carbocycles. The van der Waals surface area contributed by atoms with Crippen LogP contribution in [0.5, 0.6) is 0 Å². The Morgan fingerprint density at radius 2 is 1.58 bits per heavy atom. The van der Waals surface area contributed by atoms with E-state index < -0.39 is 30.0 Å². The van der Waals surface area contributed by atoms with Crippen LogP contribution >= 0.6 is 0 Å². The molecule has 0 unspecified atom stereocenters. The van der Waals surface area contributed by atoms with Gasteiger partial charge in [-0.1, -0.05) is 0 Å². The molecule has 1 saturated heterocycles. The predicted molar refractivity (Wildman–Crippen MR) is 87.8 cm³/mol. The van der Waals surface area contributed by atoms with Crippen LogP contribution in [0.2, 0.25) is 0 Å². The van der Waals surface area contributed by atoms with E-state index in [0.29, 0.717) is 16.7 Å². The second-order valence-electron chi connectivity index (χ2n) is 6.97. The van der Waals surface area contributed by atoms with Gasteiger partial charge in [0.15, 0.2) is 0 Å². The summed E-state index contributed by atoms with van der Waals surface area (Å²) in [6, 6.07) is 2.54. The maximum atomic E-state index is 14.6. The van der Waals surface area contributed by atoms with Crippen LogP contribution in [0.3, 0.4) is 0 Å². The predicted octanol–water partition coefficient (Wildman–Crippen LogP) is 3.03. The Labute approximate surface area is 140 Å². The van der Waals surface area contributed by atoms with E-state index in [0.717, 1.165) is 6.20 Å². The molecule has 1 aliphatic rings. The third-order valence-corrected chi connectivity index (χ3v) is 4.70. The van der Waals surface area contributed by atoms with Crippen molar-refractivity contribution < 1.29 is 18.1 Å². The Morgan fingerprint density at radius 3 is 2.17 bits per heavy atom. The molecule has 4 nitrogen and oxygen atoms in total. The molecule has 2 aromatic rings. The van der Waals surface area contributed by atoms with Crippen molar-refractivity contribution in [3.63, 3.8) is 0 Å². The Kier molecular flexibility index (Phi) is 3.96. The molecular formula is C17H19BF2N2O2. The van der Waals surface area contributed by atoms with Crippen molar-refractivity contribution in [3.05, 3.63) is 41.9 Å². The van der Waals surface area contributed by atoms with Gasteiger partial charge in [-0.3, -0.25) is 9.97 Å². The van der Waals surface area contributed by atoms with Crippen LogP contribution in [0.4, 0.5) is 8.78 Å². The number of aromatic nitrogens is 2. The van der Waals surface area contributed by atoms with E-state index in [4.69, 9.17) is 9.31 Å². The second-order valence-corrected chi connectivity index (χ2v) is 6.97. The minimum atomic E-state index is -0.696. The fourth-order valence-electron chi connectivity index (χ4n) is 2.51. The Morgan fingerprint density at radius 1 is 0.958 bits per heavy atom. The van der Waals surface area contributed by atoms with E-state index in [-0.39, 0.29) is 5.69 Å². The molecule has 0 aromatic carbocycles. The third kappa shape index (κ3) is 2.82. The molecule has 0 radical (unpaired) electrons. The maximum Gasteiger partial charge on any atom is 0.496 e. The molecule has 7 heteroatoms. The summed E-state index contributed by atoms with van der Waals surface area (Å²) < 4.78 is 39.8. The third-order valence-electron chi connectivity index (χ3n) is 4.70. The van der Waals surface area contributed by atoms with Gasteiger partial charge in [0.1, 0.15) is 17.3 Å². The van der Waals surface area contributed by atoms with Crippen LogP contribution in [-0.2, 0) is 9.31 Å². The monoisotopic (exact) mass is 332 g/mol. The molecule has 0 spiro atoms. The van der Waals surface area contributed by atoms with Crippen molar-refractivity contribution >= 4 is 12.6 Å². The Balaban J connectivity index is 1.96. The zero-order chi connectivity index (χ0) is 17.7. The molecule has 2 aromatic heterocycles. The van der Waals surface area contributed by atoms with E-state index in [1.165, 1.54) is 18.3 Å². The lowest BCUT2D eigenvalue weighted by Gasteiger charge is -2.32. The highest BCUT2D eigenvalue weighted by atomic mass is 19.1. The quantitative estimate of drug-likeness (QED) is 0.793. The first-order valence-electron chi connectivity index (χ1n) is 7.74. The van der Waals surface area contributed by atoms with Crippen LogP contribution in [0, 0.1) is 18.6 Å². The minimum Gasteiger partial charge on any atom is -0.399 e. The summed E-state index contributed by atoms with van der Waals surface area (Å²) in [5.74, 6) is -1.11. The molecule has 126 valence electrons. The highest BCUT2D eigenvalue weighted by Crippen LogP contribution is 2.36. The lowest BCUT2D eigenvalue weighted by Crippen LogP contribution is -2.41. The molecule has 0 bridgehead atoms. The van der Waals surface area contributed by atoms with Crippen LogP contribution in [0.25, 0.3) is 11.3 Å². The smallest absolute Gasteiger partial charge is 0.399 e. The van der Waals surface area contributed by atoms with Gasteiger partial charge < -0.3 is 9.31 Å². The van der Waals surface area contributed by atoms with Crippen molar-refractivity contribution in [2.45, 2.75) is 45.8 Å². The standard InChI is InChI=1S/C17H19BF2N2O2/c1-10-13(7-12(19)9-21-10)15-14(20)6-11(8-22-15)18-23-16(2,3)17(4,5)24-18/h6-9H,1-5H3. The van der Waals surface area contributed by atoms with Gasteiger partial charge in [-0.25, -0.2) is 8.78 Å². The molecule has 1 aliphatic heterocycles. The SMILES string of the molecule is Cc1ncc(F)cc1-c1ncc(B2OC(C)(C)C(C)(C)O2)cc1F. The number of nitrogens with zero attached hydrogens (tertiary/aromatic N) is 2. The lowest BCUT2D eigenvalue weighted by molar-refractivity contribution is 0.00578. The van der Waals surface area contributed by atoms with Gasteiger partial charge in [0.2, 0.25) is 0 Å². The van der Waals surface area contributed by atoms with Gasteiger partial charge in [0.25, 0.3) is 0 Å². The highest BCUT2D eigenvalue weighted by Gasteiger charge is 2.51. The summed E-state index contributed by atoms with van der Waals surface area (Å²) in [5, 5.41) is 0. The fourth-order valence-corrected chi connectivity index (χ4v) is 2.51. The van der Waals surface area contributed by atoms with E-state index >= 15 is 0 Å². The van der Waals surface area contributed by atoms with Crippen molar-refractivity contribution in [3.8, 4) is 11.3 Å². The second kappa shape index (κ2) is 5.60. The van der Waals surface area contributed by atoms with E-state index in [9.17, 15) is 8.78 Å². The van der Waals surface area contributed by atoms with Crippen molar-refractivity contribution in [2.24, 2.45) is 0 Å². The largest absolute Gasteiger partial charge is 0.496 e. The molecular weight excluding hydrogens is 313 g/mol. The van der Waals surface area contributed by atoms with Crippen LogP contribution < -0.4 is 5.46 Å². The van der Waals surface area contributed by atoms with Gasteiger partial charge in [0.05, 0.1) is 17.4 Å². The summed E-state index contributed by atoms with van der Waals surface area (Å²) in [6.45, 7) is 9.37. The molecule has 1 fully saturated rings. The highest BCUT2D eigenvalue weighted by molar-refractivity contribution is 6.62. The first kappa shape index (κ1) is 17.0. The molecule has 0 saturated carbocycles. The summed E-state index contributed by atoms with van der Waals surface area (Å²) in [4.78, 5) is 8.05. The van der Waals surface area contributed by atoms with Gasteiger partial charge in [-0.15, -0.1) is 0 Å². The summed E-state index contributed by atoms with van der Waals surface area (Å²) in [7, 11) is -0.696. The zero-order valence-electron chi connectivity index (χ0n) is 14.4. The average molecular weight is 332 g/mol. The Bertz CT molecular complexity index is 780. The number of pyridine rings is 2. The van der Waals surface area contributed by atoms with Gasteiger partial charge in [-0.05, 0) is 46.8 Å². The summed E-state index contributed by atoms with van der Waals surface area (Å²) in [6.07, 6.45) is 2.58. The average Bonchev–Trinajstić information content (AvgIpc) is 2.70. The minimum absolute atomic E-state index is 0.0553. The number of hydrogen-bond acceptors (Lipinski definition) is 4. The van der Waals surface area contributed by atoms with E-state index in [1.54, 1.807) is 6.92 Å². The molecule has 0 N–H and O–H groups in total. The maximum absolute atomic E-state index is 14.6. The summed E-state index contributed by atoms with van der Waals surface area (Å²) >= 11 is 0. The molecule has 3 rings (SSSR count).